The summed E-state index contributed by atoms with van der Waals surface area (Å²) in [7, 11) is 0. The van der Waals surface area contributed by atoms with E-state index in [1.165, 1.54) is 25.8 Å². The largest absolute Gasteiger partial charge is 0.393 e. The summed E-state index contributed by atoms with van der Waals surface area (Å²) < 4.78 is 0. The predicted octanol–water partition coefficient (Wildman–Crippen LogP) is 3.44. The van der Waals surface area contributed by atoms with Gasteiger partial charge < -0.3 is 10.0 Å². The molecule has 1 unspecified atom stereocenters. The number of hydrogen-bond acceptors (Lipinski definition) is 2. The van der Waals surface area contributed by atoms with Crippen LogP contribution in [0.4, 0.5) is 0 Å². The molecule has 0 aliphatic rings. The van der Waals surface area contributed by atoms with Crippen molar-refractivity contribution in [2.75, 3.05) is 13.1 Å². The summed E-state index contributed by atoms with van der Waals surface area (Å²) in [6.45, 7) is 11.2. The van der Waals surface area contributed by atoms with E-state index >= 15 is 0 Å². The van der Waals surface area contributed by atoms with Crippen LogP contribution in [-0.2, 0) is 0 Å². The van der Waals surface area contributed by atoms with Gasteiger partial charge in [-0.3, -0.25) is 0 Å². The van der Waals surface area contributed by atoms with Crippen LogP contribution in [0.15, 0.2) is 0 Å². The van der Waals surface area contributed by atoms with Gasteiger partial charge in [-0.15, -0.1) is 0 Å². The van der Waals surface area contributed by atoms with Gasteiger partial charge >= 0.3 is 0 Å². The average molecular weight is 229 g/mol. The van der Waals surface area contributed by atoms with Crippen molar-refractivity contribution in [2.24, 2.45) is 0 Å². The van der Waals surface area contributed by atoms with Crippen LogP contribution in [0, 0.1) is 0 Å². The number of aliphatic hydroxyl groups is 1. The zero-order chi connectivity index (χ0) is 12.4. The Labute approximate surface area is 102 Å². The minimum absolute atomic E-state index is 0.0929. The van der Waals surface area contributed by atoms with Crippen molar-refractivity contribution >= 4 is 0 Å². The molecule has 1 atom stereocenters. The van der Waals surface area contributed by atoms with Gasteiger partial charge in [-0.1, -0.05) is 26.7 Å². The Balaban J connectivity index is 3.68. The van der Waals surface area contributed by atoms with Gasteiger partial charge in [0.05, 0.1) is 6.10 Å². The second-order valence-electron chi connectivity index (χ2n) is 5.04. The molecule has 0 aromatic heterocycles. The van der Waals surface area contributed by atoms with Crippen molar-refractivity contribution in [1.29, 1.82) is 0 Å². The van der Waals surface area contributed by atoms with Crippen LogP contribution in [-0.4, -0.2) is 35.2 Å². The van der Waals surface area contributed by atoms with E-state index in [9.17, 15) is 5.11 Å². The highest BCUT2D eigenvalue weighted by atomic mass is 16.3. The molecule has 0 fully saturated rings. The number of aliphatic hydroxyl groups excluding tert-OH is 1. The lowest BCUT2D eigenvalue weighted by molar-refractivity contribution is 0.143. The first-order valence-electron chi connectivity index (χ1n) is 7.03. The van der Waals surface area contributed by atoms with Crippen molar-refractivity contribution < 1.29 is 5.11 Å². The molecule has 98 valence electrons. The third kappa shape index (κ3) is 8.12. The molecule has 16 heavy (non-hydrogen) atoms. The quantitative estimate of drug-likeness (QED) is 0.580. The molecule has 0 aliphatic carbocycles. The zero-order valence-electron chi connectivity index (χ0n) is 11.7. The SMILES string of the molecule is CCCCCN(CCCC(O)CC)C(C)C. The molecular weight excluding hydrogens is 198 g/mol. The number of rotatable bonds is 10. The molecule has 0 aliphatic heterocycles. The zero-order valence-corrected chi connectivity index (χ0v) is 11.7. The fraction of sp³-hybridized carbons (Fsp3) is 1.00. The molecule has 0 heterocycles. The van der Waals surface area contributed by atoms with Crippen LogP contribution in [0.3, 0.4) is 0 Å². The van der Waals surface area contributed by atoms with Gasteiger partial charge in [0, 0.05) is 6.04 Å². The minimum atomic E-state index is -0.0929. The molecule has 0 bridgehead atoms. The predicted molar refractivity (Wildman–Crippen MR) is 71.8 cm³/mol. The Morgan fingerprint density at radius 1 is 1.00 bits per heavy atom. The monoisotopic (exact) mass is 229 g/mol. The second-order valence-corrected chi connectivity index (χ2v) is 5.04. The summed E-state index contributed by atoms with van der Waals surface area (Å²) in [4.78, 5) is 2.54. The third-order valence-electron chi connectivity index (χ3n) is 3.23. The van der Waals surface area contributed by atoms with E-state index in [-0.39, 0.29) is 6.10 Å². The first-order valence-corrected chi connectivity index (χ1v) is 7.03. The second kappa shape index (κ2) is 10.1. The highest BCUT2D eigenvalue weighted by Crippen LogP contribution is 2.07. The fourth-order valence-corrected chi connectivity index (χ4v) is 1.93. The van der Waals surface area contributed by atoms with Gasteiger partial charge in [-0.2, -0.15) is 0 Å². The van der Waals surface area contributed by atoms with E-state index in [2.05, 4.69) is 25.7 Å². The molecular formula is C14H31NO. The topological polar surface area (TPSA) is 23.5 Å². The summed E-state index contributed by atoms with van der Waals surface area (Å²) in [5, 5.41) is 9.51. The first-order chi connectivity index (χ1) is 7.61. The average Bonchev–Trinajstić information content (AvgIpc) is 2.26. The lowest BCUT2D eigenvalue weighted by Gasteiger charge is -2.26. The van der Waals surface area contributed by atoms with Gasteiger partial charge in [-0.25, -0.2) is 0 Å². The van der Waals surface area contributed by atoms with E-state index in [1.807, 2.05) is 6.92 Å². The third-order valence-corrected chi connectivity index (χ3v) is 3.23. The molecule has 2 heteroatoms. The van der Waals surface area contributed by atoms with Crippen LogP contribution in [0.2, 0.25) is 0 Å². The Morgan fingerprint density at radius 3 is 2.12 bits per heavy atom. The Morgan fingerprint density at radius 2 is 1.62 bits per heavy atom. The maximum absolute atomic E-state index is 9.51. The molecule has 1 N–H and O–H groups in total. The Kier molecular flexibility index (Phi) is 10.0. The molecule has 0 aromatic carbocycles. The molecule has 0 radical (unpaired) electrons. The van der Waals surface area contributed by atoms with Gasteiger partial charge in [-0.05, 0) is 52.6 Å². The highest BCUT2D eigenvalue weighted by Gasteiger charge is 2.09. The van der Waals surface area contributed by atoms with Crippen LogP contribution in [0.1, 0.15) is 66.2 Å². The van der Waals surface area contributed by atoms with Crippen molar-refractivity contribution in [3.8, 4) is 0 Å². The first kappa shape index (κ1) is 15.9. The molecule has 0 amide bonds. The van der Waals surface area contributed by atoms with Crippen LogP contribution < -0.4 is 0 Å². The van der Waals surface area contributed by atoms with Crippen molar-refractivity contribution in [3.63, 3.8) is 0 Å². The van der Waals surface area contributed by atoms with Crippen LogP contribution in [0.5, 0.6) is 0 Å². The van der Waals surface area contributed by atoms with Gasteiger partial charge in [0.15, 0.2) is 0 Å². The Bertz CT molecular complexity index is 148. The number of nitrogens with zero attached hydrogens (tertiary/aromatic N) is 1. The molecule has 0 spiro atoms. The van der Waals surface area contributed by atoms with Crippen LogP contribution >= 0.6 is 0 Å². The molecule has 0 saturated heterocycles. The van der Waals surface area contributed by atoms with Crippen molar-refractivity contribution in [2.45, 2.75) is 78.4 Å². The lowest BCUT2D eigenvalue weighted by Crippen LogP contribution is -2.33. The minimum Gasteiger partial charge on any atom is -0.393 e. The maximum Gasteiger partial charge on any atom is 0.0538 e. The molecule has 0 rings (SSSR count). The van der Waals surface area contributed by atoms with E-state index in [1.54, 1.807) is 0 Å². The summed E-state index contributed by atoms with van der Waals surface area (Å²) in [5.74, 6) is 0. The standard InChI is InChI=1S/C14H31NO/c1-5-7-8-11-15(13(3)4)12-9-10-14(16)6-2/h13-14,16H,5-12H2,1-4H3. The summed E-state index contributed by atoms with van der Waals surface area (Å²) >= 11 is 0. The smallest absolute Gasteiger partial charge is 0.0538 e. The van der Waals surface area contributed by atoms with E-state index < -0.39 is 0 Å². The summed E-state index contributed by atoms with van der Waals surface area (Å²) in [6, 6.07) is 0.635. The Hall–Kier alpha value is -0.0800. The van der Waals surface area contributed by atoms with Gasteiger partial charge in [0.2, 0.25) is 0 Å². The van der Waals surface area contributed by atoms with E-state index in [0.29, 0.717) is 6.04 Å². The summed E-state index contributed by atoms with van der Waals surface area (Å²) in [6.07, 6.45) is 6.81. The van der Waals surface area contributed by atoms with E-state index in [4.69, 9.17) is 0 Å². The molecule has 0 saturated carbocycles. The summed E-state index contributed by atoms with van der Waals surface area (Å²) in [5.41, 5.74) is 0. The number of unbranched alkanes of at least 4 members (excludes halogenated alkanes) is 2. The molecule has 0 aromatic rings. The molecule has 2 nitrogen and oxygen atoms in total. The van der Waals surface area contributed by atoms with Crippen molar-refractivity contribution in [1.82, 2.24) is 4.90 Å². The van der Waals surface area contributed by atoms with Crippen LogP contribution in [0.25, 0.3) is 0 Å². The maximum atomic E-state index is 9.51. The van der Waals surface area contributed by atoms with E-state index in [0.717, 1.165) is 25.8 Å². The van der Waals surface area contributed by atoms with Crippen molar-refractivity contribution in [3.05, 3.63) is 0 Å². The number of hydrogen-bond donors (Lipinski definition) is 1. The van der Waals surface area contributed by atoms with Gasteiger partial charge in [0.25, 0.3) is 0 Å². The fourth-order valence-electron chi connectivity index (χ4n) is 1.93. The normalized spacial score (nSPS) is 13.7. The lowest BCUT2D eigenvalue weighted by atomic mass is 10.1. The highest BCUT2D eigenvalue weighted by molar-refractivity contribution is 4.64. The van der Waals surface area contributed by atoms with Gasteiger partial charge in [0.1, 0.15) is 0 Å².